The van der Waals surface area contributed by atoms with Gasteiger partial charge in [0, 0.05) is 6.54 Å². The molecule has 166 valence electrons. The fraction of sp³-hybridized carbons (Fsp3) is 0.524. The molecular weight excluding hydrogens is 408 g/mol. The molecule has 0 bridgehead atoms. The molecule has 30 heavy (non-hydrogen) atoms. The van der Waals surface area contributed by atoms with E-state index in [-0.39, 0.29) is 4.90 Å². The molecule has 1 aliphatic rings. The lowest BCUT2D eigenvalue weighted by molar-refractivity contribution is -0.128. The van der Waals surface area contributed by atoms with Crippen LogP contribution in [-0.4, -0.2) is 39.7 Å². The van der Waals surface area contributed by atoms with Gasteiger partial charge < -0.3 is 14.8 Å². The standard InChI is InChI=1S/C21H30N2O6S/c1-20(2,3)29-19(25)22-14-15-10-12-21(4,13-11-15)18(24)23-30(26,27)17-8-6-16(28-5)7-9-17/h6-10H,11-14H2,1-5H3,(H,22,25)(H,23,24). The maximum absolute atomic E-state index is 12.7. The molecule has 0 aromatic heterocycles. The molecule has 1 aliphatic carbocycles. The third kappa shape index (κ3) is 6.48. The van der Waals surface area contributed by atoms with E-state index in [0.29, 0.717) is 31.6 Å². The van der Waals surface area contributed by atoms with E-state index >= 15 is 0 Å². The van der Waals surface area contributed by atoms with Crippen LogP contribution < -0.4 is 14.8 Å². The molecular formula is C21H30N2O6S. The molecule has 2 rings (SSSR count). The molecule has 2 amide bonds. The molecule has 1 aromatic carbocycles. The molecule has 9 heteroatoms. The number of hydrogen-bond acceptors (Lipinski definition) is 6. The number of allylic oxidation sites excluding steroid dienone is 1. The average Bonchev–Trinajstić information content (AvgIpc) is 2.66. The van der Waals surface area contributed by atoms with Crippen molar-refractivity contribution in [3.63, 3.8) is 0 Å². The molecule has 0 fully saturated rings. The van der Waals surface area contributed by atoms with Crippen molar-refractivity contribution < 1.29 is 27.5 Å². The quantitative estimate of drug-likeness (QED) is 0.660. The Morgan fingerprint density at radius 3 is 2.30 bits per heavy atom. The molecule has 1 unspecified atom stereocenters. The SMILES string of the molecule is COc1ccc(S(=O)(=O)NC(=O)C2(C)CC=C(CNC(=O)OC(C)(C)C)CC2)cc1. The number of methoxy groups -OCH3 is 1. The topological polar surface area (TPSA) is 111 Å². The average molecular weight is 439 g/mol. The summed E-state index contributed by atoms with van der Waals surface area (Å²) >= 11 is 0. The first-order valence-electron chi connectivity index (χ1n) is 9.71. The first-order valence-corrected chi connectivity index (χ1v) is 11.2. The third-order valence-corrected chi connectivity index (χ3v) is 6.19. The second kappa shape index (κ2) is 9.07. The molecule has 1 aromatic rings. The summed E-state index contributed by atoms with van der Waals surface area (Å²) in [6.07, 6.45) is 2.80. The molecule has 0 radical (unpaired) electrons. The Morgan fingerprint density at radius 2 is 1.80 bits per heavy atom. The van der Waals surface area contributed by atoms with Crippen molar-refractivity contribution in [2.24, 2.45) is 5.41 Å². The summed E-state index contributed by atoms with van der Waals surface area (Å²) in [6.45, 7) is 7.43. The summed E-state index contributed by atoms with van der Waals surface area (Å²) in [4.78, 5) is 24.5. The zero-order chi connectivity index (χ0) is 22.6. The fourth-order valence-corrected chi connectivity index (χ4v) is 4.04. The van der Waals surface area contributed by atoms with Gasteiger partial charge in [0.25, 0.3) is 10.0 Å². The van der Waals surface area contributed by atoms with Crippen LogP contribution in [0, 0.1) is 5.41 Å². The van der Waals surface area contributed by atoms with Gasteiger partial charge in [0.2, 0.25) is 5.91 Å². The zero-order valence-corrected chi connectivity index (χ0v) is 18.9. The predicted octanol–water partition coefficient (Wildman–Crippen LogP) is 3.14. The van der Waals surface area contributed by atoms with Gasteiger partial charge in [-0.3, -0.25) is 4.79 Å². The lowest BCUT2D eigenvalue weighted by Gasteiger charge is -2.31. The number of amides is 2. The molecule has 2 N–H and O–H groups in total. The number of carbonyl (C=O) groups excluding carboxylic acids is 2. The van der Waals surface area contributed by atoms with Gasteiger partial charge in [-0.25, -0.2) is 17.9 Å². The highest BCUT2D eigenvalue weighted by Gasteiger charge is 2.37. The Bertz CT molecular complexity index is 916. The van der Waals surface area contributed by atoms with E-state index in [1.807, 2.05) is 6.08 Å². The van der Waals surface area contributed by atoms with Gasteiger partial charge in [-0.2, -0.15) is 0 Å². The first-order chi connectivity index (χ1) is 13.8. The smallest absolute Gasteiger partial charge is 0.407 e. The summed E-state index contributed by atoms with van der Waals surface area (Å²) < 4.78 is 37.5. The van der Waals surface area contributed by atoms with Crippen molar-refractivity contribution in [1.82, 2.24) is 10.0 Å². The fourth-order valence-electron chi connectivity index (χ4n) is 2.94. The van der Waals surface area contributed by atoms with Gasteiger partial charge in [-0.15, -0.1) is 0 Å². The minimum Gasteiger partial charge on any atom is -0.497 e. The van der Waals surface area contributed by atoms with Crippen LogP contribution in [0.3, 0.4) is 0 Å². The number of alkyl carbamates (subject to hydrolysis) is 1. The van der Waals surface area contributed by atoms with Gasteiger partial charge in [-0.1, -0.05) is 18.6 Å². The number of hydrogen-bond donors (Lipinski definition) is 2. The van der Waals surface area contributed by atoms with E-state index in [9.17, 15) is 18.0 Å². The van der Waals surface area contributed by atoms with Gasteiger partial charge in [0.1, 0.15) is 11.4 Å². The van der Waals surface area contributed by atoms with E-state index in [4.69, 9.17) is 9.47 Å². The largest absolute Gasteiger partial charge is 0.497 e. The Kier molecular flexibility index (Phi) is 7.18. The van der Waals surface area contributed by atoms with Crippen LogP contribution >= 0.6 is 0 Å². The Labute approximate surface area is 178 Å². The van der Waals surface area contributed by atoms with Crippen molar-refractivity contribution in [1.29, 1.82) is 0 Å². The molecule has 0 saturated carbocycles. The Balaban J connectivity index is 1.96. The van der Waals surface area contributed by atoms with Crippen LogP contribution in [0.15, 0.2) is 40.8 Å². The lowest BCUT2D eigenvalue weighted by atomic mass is 9.76. The predicted molar refractivity (Wildman–Crippen MR) is 113 cm³/mol. The summed E-state index contributed by atoms with van der Waals surface area (Å²) in [6, 6.07) is 5.82. The van der Waals surface area contributed by atoms with Crippen LogP contribution in [0.5, 0.6) is 5.75 Å². The van der Waals surface area contributed by atoms with E-state index in [2.05, 4.69) is 10.0 Å². The van der Waals surface area contributed by atoms with Gasteiger partial charge in [0.05, 0.1) is 17.4 Å². The maximum atomic E-state index is 12.7. The normalized spacial score (nSPS) is 19.4. The van der Waals surface area contributed by atoms with Crippen molar-refractivity contribution >= 4 is 22.0 Å². The number of nitrogens with one attached hydrogen (secondary N) is 2. The molecule has 0 saturated heterocycles. The van der Waals surface area contributed by atoms with Crippen LogP contribution in [0.2, 0.25) is 0 Å². The second-order valence-corrected chi connectivity index (χ2v) is 10.3. The highest BCUT2D eigenvalue weighted by atomic mass is 32.2. The zero-order valence-electron chi connectivity index (χ0n) is 18.1. The molecule has 0 spiro atoms. The van der Waals surface area contributed by atoms with Gasteiger partial charge in [0.15, 0.2) is 0 Å². The Morgan fingerprint density at radius 1 is 1.17 bits per heavy atom. The summed E-state index contributed by atoms with van der Waals surface area (Å²) in [5.41, 5.74) is -0.449. The highest BCUT2D eigenvalue weighted by molar-refractivity contribution is 7.90. The number of sulfonamides is 1. The first kappa shape index (κ1) is 23.7. The van der Waals surface area contributed by atoms with Crippen molar-refractivity contribution in [2.75, 3.05) is 13.7 Å². The number of benzene rings is 1. The minimum absolute atomic E-state index is 0.00569. The summed E-state index contributed by atoms with van der Waals surface area (Å²) in [5, 5.41) is 2.70. The molecule has 0 aliphatic heterocycles. The van der Waals surface area contributed by atoms with Crippen LogP contribution in [0.25, 0.3) is 0 Å². The van der Waals surface area contributed by atoms with E-state index in [1.54, 1.807) is 27.7 Å². The summed E-state index contributed by atoms with van der Waals surface area (Å²) in [7, 11) is -2.49. The van der Waals surface area contributed by atoms with Gasteiger partial charge in [-0.05, 0) is 64.3 Å². The maximum Gasteiger partial charge on any atom is 0.407 e. The van der Waals surface area contributed by atoms with Crippen molar-refractivity contribution in [3.05, 3.63) is 35.9 Å². The van der Waals surface area contributed by atoms with Crippen molar-refractivity contribution in [2.45, 2.75) is 57.5 Å². The number of ether oxygens (including phenoxy) is 2. The van der Waals surface area contributed by atoms with Crippen LogP contribution in [0.4, 0.5) is 4.79 Å². The molecule has 0 heterocycles. The summed E-state index contributed by atoms with van der Waals surface area (Å²) in [5.74, 6) is -0.0223. The Hall–Kier alpha value is -2.55. The minimum atomic E-state index is -3.97. The van der Waals surface area contributed by atoms with Gasteiger partial charge >= 0.3 is 6.09 Å². The third-order valence-electron chi connectivity index (χ3n) is 4.84. The lowest BCUT2D eigenvalue weighted by Crippen LogP contribution is -2.43. The molecule has 1 atom stereocenters. The van der Waals surface area contributed by atoms with Crippen LogP contribution in [0.1, 0.15) is 47.0 Å². The van der Waals surface area contributed by atoms with E-state index in [0.717, 1.165) is 5.57 Å². The number of carbonyl (C=O) groups is 2. The highest BCUT2D eigenvalue weighted by Crippen LogP contribution is 2.35. The monoisotopic (exact) mass is 438 g/mol. The van der Waals surface area contributed by atoms with Crippen LogP contribution in [-0.2, 0) is 19.6 Å². The van der Waals surface area contributed by atoms with E-state index < -0.39 is 33.0 Å². The second-order valence-electron chi connectivity index (χ2n) is 8.59. The van der Waals surface area contributed by atoms with Crippen molar-refractivity contribution in [3.8, 4) is 5.75 Å². The molecule has 8 nitrogen and oxygen atoms in total. The number of rotatable bonds is 6. The van der Waals surface area contributed by atoms with E-state index in [1.165, 1.54) is 31.4 Å².